The number of methoxy groups -OCH3 is 11. The van der Waals surface area contributed by atoms with E-state index in [0.717, 1.165) is 66.0 Å². The maximum absolute atomic E-state index is 11.1. The van der Waals surface area contributed by atoms with E-state index >= 15 is 0 Å². The first-order chi connectivity index (χ1) is 58.9. The number of fused-ring (bicyclic) bond motifs is 2. The molecule has 19 nitrogen and oxygen atoms in total. The van der Waals surface area contributed by atoms with E-state index in [9.17, 15) is 38.4 Å². The third kappa shape index (κ3) is 82.1. The predicted molar refractivity (Wildman–Crippen MR) is 508 cm³/mol. The number of para-hydroxylation sites is 2. The zero-order chi connectivity index (χ0) is 92.0. The van der Waals surface area contributed by atoms with Crippen molar-refractivity contribution in [1.29, 1.82) is 0 Å². The Labute approximate surface area is 808 Å². The molecule has 1 fully saturated rings. The Balaban J connectivity index is -0.000000146. The van der Waals surface area contributed by atoms with Gasteiger partial charge in [-0.05, 0) is 151 Å². The van der Waals surface area contributed by atoms with Gasteiger partial charge < -0.3 is 74.4 Å². The molecular formula is C106H131O19W3-3. The maximum atomic E-state index is 11.1. The standard InChI is InChI=1S/C10H10O2.C10H8O2.C9H12O2.C9H8.C8H12O2.C8H8O2.2C7H8O.2C7H8.C5H8O2.C5H6O2.C4H6O2.C4H8O.C3H4.3CH3.3W/c2*1-12-10(11)8-7-9-5-3-2-4-6-9;1-11-9(10)8-5-6-2-3-7(8)4-6;1-2-6-9-7-4-3-5-8-9;2*1-10-8(9)7-5-3-2-4-6-7;2*1-8-7-5-3-2-4-6-7;2*1-7-5-3-2-4-6-7;1-4(2)5(6)7-3;1-3-4-5(6)7-2;1-3-4(5)6-2;1-3-4-5-2;1-3-2;;;;;;/h2-8H,1H3;2-6H,1H3;2-3,6-8H,4-5H2,1H3;3-5,7-8H,1H3;2-3,7H,4-6H2,1H3;2-6H,1H3;2*2-6H,1H3;2*2-6H,1H3;1H2,2-3H3;4H,1H2,2H3;3H,1H2,2H3;3H,1,4H2,2H3;1H,2H3;3*1H3;;;/q;;;;;;;;;;;;;;;3*-1;;;/b8-7+;;;;;;;;;;;;;;;;;;;;. The second-order valence-electron chi connectivity index (χ2n) is 24.1. The Bertz CT molecular complexity index is 4340. The van der Waals surface area contributed by atoms with Gasteiger partial charge in [-0.25, -0.2) is 28.8 Å². The van der Waals surface area contributed by atoms with Crippen molar-refractivity contribution in [2.75, 3.05) is 84.8 Å². The summed E-state index contributed by atoms with van der Waals surface area (Å²) in [7, 11) is 15.9. The molecule has 2 bridgehead atoms. The minimum absolute atomic E-state index is 0. The van der Waals surface area contributed by atoms with E-state index in [2.05, 4.69) is 162 Å². The molecule has 0 aromatic heterocycles. The molecule has 0 N–H and O–H groups in total. The SMILES string of the molecule is C#CC.C=C(C)C(=O)OC.C=C=CC(=O)OC.C=CC(=O)OC.C=CCOC.CC#Cc1ccccc1.COC(=O)/C=C/c1ccccc1.COC(=O)C#Cc1ccccc1.COC(=O)C1CC2C=CC1C2.COC(=O)C1CC=CCC1.COC(=O)c1ccccc1.COc1ccccc1.COc1ccccc1.Cc1ccccc1.Cc1ccccc1.[CH3-].[CH3-].[CH3-].[W].[W].[W]. The number of carbonyl (C=O) groups excluding carboxylic acids is 8. The number of esters is 8. The second-order valence-corrected chi connectivity index (χ2v) is 24.1. The van der Waals surface area contributed by atoms with Crippen LogP contribution in [-0.4, -0.2) is 133 Å². The molecule has 0 radical (unpaired) electrons. The number of allylic oxidation sites excluding steroid dienone is 4. The normalized spacial score (nSPS) is 11.7. The van der Waals surface area contributed by atoms with Crippen molar-refractivity contribution in [3.05, 3.63) is 385 Å². The maximum Gasteiger partial charge on any atom is 0.384 e. The van der Waals surface area contributed by atoms with Crippen LogP contribution in [0.25, 0.3) is 6.08 Å². The summed E-state index contributed by atoms with van der Waals surface area (Å²) in [5, 5.41) is 0. The molecular weight excluding hydrogens is 2130 g/mol. The van der Waals surface area contributed by atoms with Crippen LogP contribution in [0.15, 0.2) is 329 Å². The predicted octanol–water partition coefficient (Wildman–Crippen LogP) is 21.3. The van der Waals surface area contributed by atoms with Gasteiger partial charge in [-0.3, -0.25) is 9.59 Å². The average molecular weight is 2260 g/mol. The monoisotopic (exact) mass is 2260 g/mol. The number of aryl methyl sites for hydroxylation is 2. The zero-order valence-electron chi connectivity index (χ0n) is 77.7. The van der Waals surface area contributed by atoms with Crippen LogP contribution >= 0.6 is 0 Å². The molecule has 0 amide bonds. The molecule has 0 aliphatic heterocycles. The van der Waals surface area contributed by atoms with E-state index in [0.29, 0.717) is 29.6 Å². The molecule has 3 aliphatic rings. The Hall–Kier alpha value is -12.2. The fourth-order valence-corrected chi connectivity index (χ4v) is 8.93. The summed E-state index contributed by atoms with van der Waals surface area (Å²) in [6, 6.07) is 77.6. The molecule has 1 saturated carbocycles. The zero-order valence-corrected chi connectivity index (χ0v) is 86.5. The molecule has 11 rings (SSSR count). The molecule has 4 unspecified atom stereocenters. The Kier molecular flexibility index (Phi) is 105. The molecule has 0 spiro atoms. The molecule has 0 saturated heterocycles. The van der Waals surface area contributed by atoms with E-state index in [4.69, 9.17) is 14.2 Å². The molecule has 4 atom stereocenters. The molecule has 690 valence electrons. The van der Waals surface area contributed by atoms with Crippen molar-refractivity contribution in [2.45, 2.75) is 66.7 Å². The average Bonchev–Trinajstić information content (AvgIpc) is 1.67. The van der Waals surface area contributed by atoms with Gasteiger partial charge in [0, 0.05) is 105 Å². The second kappa shape index (κ2) is 98.6. The summed E-state index contributed by atoms with van der Waals surface area (Å²) in [6.45, 7) is 23.0. The fourth-order valence-electron chi connectivity index (χ4n) is 8.93. The minimum Gasteiger partial charge on any atom is -0.497 e. The summed E-state index contributed by atoms with van der Waals surface area (Å²) >= 11 is 0. The molecule has 3 aliphatic carbocycles. The van der Waals surface area contributed by atoms with Crippen LogP contribution in [0.5, 0.6) is 11.5 Å². The number of rotatable bonds is 12. The van der Waals surface area contributed by atoms with Gasteiger partial charge in [-0.15, -0.1) is 30.6 Å². The van der Waals surface area contributed by atoms with Crippen LogP contribution in [0, 0.1) is 95.8 Å². The van der Waals surface area contributed by atoms with Crippen molar-refractivity contribution in [2.24, 2.45) is 23.7 Å². The van der Waals surface area contributed by atoms with Crippen molar-refractivity contribution in [3.8, 4) is 47.5 Å². The molecule has 22 heteroatoms. The third-order valence-corrected chi connectivity index (χ3v) is 15.0. The van der Waals surface area contributed by atoms with E-state index in [1.54, 1.807) is 71.6 Å². The fraction of sp³-hybridized carbons (Fsp3) is 0.245. The first kappa shape index (κ1) is 136. The Morgan fingerprint density at radius 2 is 0.883 bits per heavy atom. The van der Waals surface area contributed by atoms with Crippen molar-refractivity contribution < 1.29 is 154 Å². The first-order valence-corrected chi connectivity index (χ1v) is 38.0. The molecule has 8 aromatic carbocycles. The number of carbonyl (C=O) groups is 8. The third-order valence-electron chi connectivity index (χ3n) is 15.0. The first-order valence-electron chi connectivity index (χ1n) is 38.0. The smallest absolute Gasteiger partial charge is 0.384 e. The summed E-state index contributed by atoms with van der Waals surface area (Å²) in [5.41, 5.74) is 8.81. The van der Waals surface area contributed by atoms with E-state index < -0.39 is 17.9 Å². The van der Waals surface area contributed by atoms with Gasteiger partial charge in [0.2, 0.25) is 0 Å². The number of hydrogen-bond donors (Lipinski definition) is 0. The van der Waals surface area contributed by atoms with Crippen LogP contribution in [0.2, 0.25) is 0 Å². The Morgan fingerprint density at radius 1 is 0.477 bits per heavy atom. The summed E-state index contributed by atoms with van der Waals surface area (Å²) in [4.78, 5) is 84.2. The van der Waals surface area contributed by atoms with Gasteiger partial charge in [0.05, 0.1) is 101 Å². The van der Waals surface area contributed by atoms with Gasteiger partial charge in [0.15, 0.2) is 0 Å². The van der Waals surface area contributed by atoms with Crippen LogP contribution in [0.4, 0.5) is 0 Å². The summed E-state index contributed by atoms with van der Waals surface area (Å²) in [6.07, 6.45) is 25.2. The van der Waals surface area contributed by atoms with Gasteiger partial charge >= 0.3 is 47.8 Å². The van der Waals surface area contributed by atoms with Crippen LogP contribution in [0.1, 0.15) is 91.1 Å². The summed E-state index contributed by atoms with van der Waals surface area (Å²) in [5.74, 6) is 13.9. The molecule has 8 aromatic rings. The van der Waals surface area contributed by atoms with Crippen molar-refractivity contribution in [1.82, 2.24) is 0 Å². The quantitative estimate of drug-likeness (QED) is 0.0210. The number of benzene rings is 8. The molecule has 128 heavy (non-hydrogen) atoms. The van der Waals surface area contributed by atoms with Crippen LogP contribution in [-0.2, 0) is 139 Å². The summed E-state index contributed by atoms with van der Waals surface area (Å²) < 4.78 is 49.6. The van der Waals surface area contributed by atoms with Crippen molar-refractivity contribution >= 4 is 53.8 Å². The van der Waals surface area contributed by atoms with Gasteiger partial charge in [-0.2, -0.15) is 0 Å². The van der Waals surface area contributed by atoms with Gasteiger partial charge in [0.25, 0.3) is 0 Å². The topological polar surface area (TPSA) is 238 Å². The van der Waals surface area contributed by atoms with E-state index in [-0.39, 0.29) is 127 Å². The van der Waals surface area contributed by atoms with E-state index in [1.165, 1.54) is 80.5 Å². The van der Waals surface area contributed by atoms with Crippen LogP contribution < -0.4 is 9.47 Å². The molecule has 0 heterocycles. The number of ether oxygens (including phenoxy) is 11. The van der Waals surface area contributed by atoms with Crippen molar-refractivity contribution in [3.63, 3.8) is 0 Å². The minimum atomic E-state index is -0.515. The number of terminal acetylenes is 1. The Morgan fingerprint density at radius 3 is 1.14 bits per heavy atom. The van der Waals surface area contributed by atoms with E-state index in [1.807, 2.05) is 207 Å². The van der Waals surface area contributed by atoms with Crippen LogP contribution in [0.3, 0.4) is 0 Å². The van der Waals surface area contributed by atoms with Gasteiger partial charge in [-0.1, -0.05) is 255 Å². The van der Waals surface area contributed by atoms with Gasteiger partial charge in [0.1, 0.15) is 11.5 Å². The largest absolute Gasteiger partial charge is 0.497 e. The number of hydrogen-bond acceptors (Lipinski definition) is 19.